The maximum absolute atomic E-state index is 13.2. The number of piperidine rings is 1. The smallest absolute Gasteiger partial charge is 0.409 e. The number of nitrogens with one attached hydrogen (secondary N) is 1. The molecule has 0 aliphatic carbocycles. The van der Waals surface area contributed by atoms with Crippen LogP contribution in [-0.4, -0.2) is 129 Å². The minimum absolute atomic E-state index is 0.0697. The van der Waals surface area contributed by atoms with E-state index in [1.165, 1.54) is 19.1 Å². The van der Waals surface area contributed by atoms with Gasteiger partial charge in [-0.1, -0.05) is 30.3 Å². The summed E-state index contributed by atoms with van der Waals surface area (Å²) in [6.07, 6.45) is 0.934. The number of piperazine rings is 2. The number of nitrogens with zero attached hydrogens (tertiary/aromatic N) is 5. The van der Waals surface area contributed by atoms with Crippen molar-refractivity contribution in [2.45, 2.75) is 26.3 Å². The number of carbonyl (C=O) groups is 2. The average Bonchev–Trinajstić information content (AvgIpc) is 2.95. The molecule has 1 N–H and O–H groups in total. The van der Waals surface area contributed by atoms with Crippen LogP contribution in [0.2, 0.25) is 0 Å². The Kier molecular flexibility index (Phi) is 10.4. The van der Waals surface area contributed by atoms with Crippen molar-refractivity contribution in [2.24, 2.45) is 5.92 Å². The standard InChI is InChI=1S/C26H42N6O5S/c1-2-37-26(34)30-17-19-31(20-18-30)38(35,36)32-11-6-9-24(22-32)25(33)27-10-12-28-13-15-29(16-14-28)21-23-7-4-3-5-8-23/h3-5,7-8,24H,2,6,9-22H2,1H3,(H,27,33)/t24-/m1/s1. The molecule has 2 amide bonds. The van der Waals surface area contributed by atoms with Crippen LogP contribution in [0.4, 0.5) is 4.79 Å². The summed E-state index contributed by atoms with van der Waals surface area (Å²) >= 11 is 0. The van der Waals surface area contributed by atoms with E-state index in [9.17, 15) is 18.0 Å². The van der Waals surface area contributed by atoms with Crippen molar-refractivity contribution in [3.63, 3.8) is 0 Å². The van der Waals surface area contributed by atoms with Crippen molar-refractivity contribution in [3.8, 4) is 0 Å². The van der Waals surface area contributed by atoms with E-state index in [2.05, 4.69) is 39.4 Å². The van der Waals surface area contributed by atoms with Gasteiger partial charge in [0.1, 0.15) is 0 Å². The Morgan fingerprint density at radius 2 is 1.61 bits per heavy atom. The number of amides is 2. The molecule has 0 unspecified atom stereocenters. The van der Waals surface area contributed by atoms with E-state index in [4.69, 9.17) is 4.74 Å². The third-order valence-electron chi connectivity index (χ3n) is 7.61. The maximum Gasteiger partial charge on any atom is 0.409 e. The van der Waals surface area contributed by atoms with Gasteiger partial charge in [-0.3, -0.25) is 14.6 Å². The molecule has 3 saturated heterocycles. The Hall–Kier alpha value is -2.25. The number of rotatable bonds is 9. The van der Waals surface area contributed by atoms with Crippen LogP contribution < -0.4 is 5.32 Å². The van der Waals surface area contributed by atoms with Gasteiger partial charge in [0.15, 0.2) is 0 Å². The first kappa shape index (κ1) is 28.8. The first-order valence-electron chi connectivity index (χ1n) is 13.8. The second-order valence-electron chi connectivity index (χ2n) is 10.2. The van der Waals surface area contributed by atoms with Crippen molar-refractivity contribution < 1.29 is 22.7 Å². The molecule has 4 rings (SSSR count). The first-order valence-corrected chi connectivity index (χ1v) is 15.2. The Morgan fingerprint density at radius 1 is 0.921 bits per heavy atom. The molecule has 3 heterocycles. The van der Waals surface area contributed by atoms with Crippen LogP contribution in [0, 0.1) is 5.92 Å². The highest BCUT2D eigenvalue weighted by molar-refractivity contribution is 7.86. The Balaban J connectivity index is 1.16. The molecular formula is C26H42N6O5S. The van der Waals surface area contributed by atoms with Gasteiger partial charge in [-0.2, -0.15) is 17.0 Å². The fraction of sp³-hybridized carbons (Fsp3) is 0.692. The number of carbonyl (C=O) groups excluding carboxylic acids is 2. The lowest BCUT2D eigenvalue weighted by molar-refractivity contribution is -0.126. The van der Waals surface area contributed by atoms with E-state index in [0.717, 1.165) is 39.3 Å². The Bertz CT molecular complexity index is 1010. The van der Waals surface area contributed by atoms with Crippen molar-refractivity contribution in [1.29, 1.82) is 0 Å². The van der Waals surface area contributed by atoms with Gasteiger partial charge in [0.2, 0.25) is 5.91 Å². The number of hydrogen-bond acceptors (Lipinski definition) is 7. The summed E-state index contributed by atoms with van der Waals surface area (Å²) in [7, 11) is -3.68. The van der Waals surface area contributed by atoms with Crippen molar-refractivity contribution in [3.05, 3.63) is 35.9 Å². The fourth-order valence-corrected chi connectivity index (χ4v) is 7.02. The zero-order chi connectivity index (χ0) is 27.0. The van der Waals surface area contributed by atoms with Crippen LogP contribution in [0.5, 0.6) is 0 Å². The molecule has 0 aromatic heterocycles. The Morgan fingerprint density at radius 3 is 2.29 bits per heavy atom. The summed E-state index contributed by atoms with van der Waals surface area (Å²) in [6.45, 7) is 10.0. The molecule has 12 heteroatoms. The maximum atomic E-state index is 13.2. The van der Waals surface area contributed by atoms with Gasteiger partial charge in [0.25, 0.3) is 10.2 Å². The lowest BCUT2D eigenvalue weighted by atomic mass is 9.99. The predicted molar refractivity (Wildman–Crippen MR) is 145 cm³/mol. The predicted octanol–water partition coefficient (Wildman–Crippen LogP) is 0.651. The lowest BCUT2D eigenvalue weighted by Crippen LogP contribution is -2.56. The minimum atomic E-state index is -3.68. The van der Waals surface area contributed by atoms with Crippen LogP contribution in [0.1, 0.15) is 25.3 Å². The van der Waals surface area contributed by atoms with Crippen LogP contribution in [0.3, 0.4) is 0 Å². The molecule has 3 aliphatic heterocycles. The molecule has 0 saturated carbocycles. The summed E-state index contributed by atoms with van der Waals surface area (Å²) in [5.74, 6) is -0.415. The van der Waals surface area contributed by atoms with Crippen molar-refractivity contribution in [2.75, 3.05) is 85.1 Å². The second kappa shape index (κ2) is 13.7. The highest BCUT2D eigenvalue weighted by Crippen LogP contribution is 2.22. The van der Waals surface area contributed by atoms with E-state index < -0.39 is 16.3 Å². The second-order valence-corrected chi connectivity index (χ2v) is 12.1. The van der Waals surface area contributed by atoms with Gasteiger partial charge in [0, 0.05) is 85.1 Å². The van der Waals surface area contributed by atoms with Crippen LogP contribution in [-0.2, 0) is 26.3 Å². The van der Waals surface area contributed by atoms with Crippen molar-refractivity contribution >= 4 is 22.2 Å². The van der Waals surface area contributed by atoms with Gasteiger partial charge in [-0.05, 0) is 25.3 Å². The minimum Gasteiger partial charge on any atom is -0.450 e. The third-order valence-corrected chi connectivity index (χ3v) is 9.62. The topological polar surface area (TPSA) is 106 Å². The van der Waals surface area contributed by atoms with Crippen LogP contribution in [0.25, 0.3) is 0 Å². The largest absolute Gasteiger partial charge is 0.450 e. The van der Waals surface area contributed by atoms with E-state index in [1.807, 2.05) is 6.07 Å². The zero-order valence-corrected chi connectivity index (χ0v) is 23.3. The molecular weight excluding hydrogens is 508 g/mol. The van der Waals surface area contributed by atoms with Gasteiger partial charge in [0.05, 0.1) is 12.5 Å². The molecule has 0 bridgehead atoms. The SMILES string of the molecule is CCOC(=O)N1CCN(S(=O)(=O)N2CCC[C@@H](C(=O)NCCN3CCN(Cc4ccccc4)CC3)C2)CC1. The quantitative estimate of drug-likeness (QED) is 0.481. The molecule has 0 radical (unpaired) electrons. The fourth-order valence-electron chi connectivity index (χ4n) is 5.34. The molecule has 212 valence electrons. The summed E-state index contributed by atoms with van der Waals surface area (Å²) < 4.78 is 34.4. The summed E-state index contributed by atoms with van der Waals surface area (Å²) in [4.78, 5) is 31.2. The highest BCUT2D eigenvalue weighted by Gasteiger charge is 2.37. The summed E-state index contributed by atoms with van der Waals surface area (Å²) in [5, 5.41) is 3.05. The molecule has 1 aromatic carbocycles. The summed E-state index contributed by atoms with van der Waals surface area (Å²) in [6, 6.07) is 10.5. The normalized spacial score (nSPS) is 22.8. The zero-order valence-electron chi connectivity index (χ0n) is 22.5. The van der Waals surface area contributed by atoms with E-state index in [0.29, 0.717) is 45.6 Å². The van der Waals surface area contributed by atoms with Crippen LogP contribution in [0.15, 0.2) is 30.3 Å². The lowest BCUT2D eigenvalue weighted by Gasteiger charge is -2.38. The number of ether oxygens (including phenoxy) is 1. The third kappa shape index (κ3) is 7.66. The molecule has 3 aliphatic rings. The van der Waals surface area contributed by atoms with Crippen molar-refractivity contribution in [1.82, 2.24) is 28.6 Å². The monoisotopic (exact) mass is 550 g/mol. The van der Waals surface area contributed by atoms with Gasteiger partial charge in [-0.25, -0.2) is 4.79 Å². The molecule has 11 nitrogen and oxygen atoms in total. The van der Waals surface area contributed by atoms with Gasteiger partial charge >= 0.3 is 6.09 Å². The molecule has 1 atom stereocenters. The Labute approximate surface area is 226 Å². The highest BCUT2D eigenvalue weighted by atomic mass is 32.2. The van der Waals surface area contributed by atoms with Crippen LogP contribution >= 0.6 is 0 Å². The van der Waals surface area contributed by atoms with E-state index in [-0.39, 0.29) is 31.5 Å². The summed E-state index contributed by atoms with van der Waals surface area (Å²) in [5.41, 5.74) is 1.33. The average molecular weight is 551 g/mol. The molecule has 0 spiro atoms. The van der Waals surface area contributed by atoms with E-state index >= 15 is 0 Å². The van der Waals surface area contributed by atoms with Gasteiger partial charge in [-0.15, -0.1) is 0 Å². The molecule has 3 fully saturated rings. The van der Waals surface area contributed by atoms with Gasteiger partial charge < -0.3 is 15.0 Å². The number of benzene rings is 1. The molecule has 38 heavy (non-hydrogen) atoms. The van der Waals surface area contributed by atoms with E-state index in [1.54, 1.807) is 6.92 Å². The first-order chi connectivity index (χ1) is 18.4. The molecule has 1 aromatic rings. The number of hydrogen-bond donors (Lipinski definition) is 1.